The van der Waals surface area contributed by atoms with Crippen molar-refractivity contribution in [3.05, 3.63) is 76.2 Å². The van der Waals surface area contributed by atoms with E-state index in [1.807, 2.05) is 36.5 Å². The van der Waals surface area contributed by atoms with E-state index in [4.69, 9.17) is 23.2 Å². The van der Waals surface area contributed by atoms with Gasteiger partial charge in [-0.3, -0.25) is 4.98 Å². The van der Waals surface area contributed by atoms with Crippen LogP contribution in [0.3, 0.4) is 0 Å². The number of nitrogens with zero attached hydrogens (tertiary/aromatic N) is 3. The Balaban J connectivity index is 1.53. The second kappa shape index (κ2) is 8.65. The molecule has 0 fully saturated rings. The second-order valence-electron chi connectivity index (χ2n) is 5.39. The van der Waals surface area contributed by atoms with E-state index in [0.717, 1.165) is 23.4 Å². The van der Waals surface area contributed by atoms with E-state index in [0.29, 0.717) is 29.1 Å². The van der Waals surface area contributed by atoms with Crippen molar-refractivity contribution in [2.75, 3.05) is 17.2 Å². The highest BCUT2D eigenvalue weighted by molar-refractivity contribution is 6.35. The lowest BCUT2D eigenvalue weighted by Crippen LogP contribution is -2.09. The number of pyridine rings is 1. The van der Waals surface area contributed by atoms with Crippen LogP contribution in [0.15, 0.2) is 55.0 Å². The van der Waals surface area contributed by atoms with Crippen LogP contribution in [0, 0.1) is 0 Å². The molecule has 2 aromatic heterocycles. The number of hydrogen-bond donors (Lipinski definition) is 2. The molecule has 5 nitrogen and oxygen atoms in total. The average molecular weight is 374 g/mol. The Hall–Kier alpha value is -2.37. The van der Waals surface area contributed by atoms with Crippen LogP contribution in [0.5, 0.6) is 0 Å². The molecular weight excluding hydrogens is 357 g/mol. The average Bonchev–Trinajstić information content (AvgIpc) is 2.63. The van der Waals surface area contributed by atoms with Gasteiger partial charge in [0.2, 0.25) is 5.95 Å². The quantitative estimate of drug-likeness (QED) is 0.640. The van der Waals surface area contributed by atoms with Gasteiger partial charge in [-0.05, 0) is 41.8 Å². The molecule has 0 unspecified atom stereocenters. The summed E-state index contributed by atoms with van der Waals surface area (Å²) in [5.74, 6) is 1.33. The fourth-order valence-electron chi connectivity index (χ4n) is 2.28. The molecule has 7 heteroatoms. The summed E-state index contributed by atoms with van der Waals surface area (Å²) in [5, 5.41) is 7.78. The molecule has 0 spiro atoms. The first-order valence-electron chi connectivity index (χ1n) is 7.84. The van der Waals surface area contributed by atoms with Crippen LogP contribution < -0.4 is 10.6 Å². The van der Waals surface area contributed by atoms with Crippen LogP contribution in [0.2, 0.25) is 10.0 Å². The molecular formula is C18H17Cl2N5. The normalized spacial score (nSPS) is 10.5. The number of rotatable bonds is 7. The Kier molecular flexibility index (Phi) is 6.04. The predicted octanol–water partition coefficient (Wildman–Crippen LogP) is 4.45. The van der Waals surface area contributed by atoms with Gasteiger partial charge in [0.15, 0.2) is 0 Å². The van der Waals surface area contributed by atoms with Crippen LogP contribution >= 0.6 is 23.2 Å². The van der Waals surface area contributed by atoms with Crippen molar-refractivity contribution < 1.29 is 0 Å². The van der Waals surface area contributed by atoms with Crippen molar-refractivity contribution in [1.82, 2.24) is 15.0 Å². The second-order valence-corrected chi connectivity index (χ2v) is 6.24. The van der Waals surface area contributed by atoms with Crippen LogP contribution in [-0.4, -0.2) is 21.5 Å². The minimum absolute atomic E-state index is 0.568. The lowest BCUT2D eigenvalue weighted by Gasteiger charge is -2.09. The molecule has 0 saturated carbocycles. The molecule has 0 saturated heterocycles. The minimum Gasteiger partial charge on any atom is -0.370 e. The topological polar surface area (TPSA) is 62.7 Å². The zero-order valence-electron chi connectivity index (χ0n) is 13.4. The van der Waals surface area contributed by atoms with Crippen LogP contribution in [-0.2, 0) is 13.0 Å². The molecule has 1 aromatic carbocycles. The van der Waals surface area contributed by atoms with Crippen LogP contribution in [0.25, 0.3) is 0 Å². The molecule has 3 rings (SSSR count). The van der Waals surface area contributed by atoms with E-state index in [1.54, 1.807) is 18.5 Å². The van der Waals surface area contributed by atoms with Gasteiger partial charge in [-0.1, -0.05) is 35.3 Å². The molecule has 0 aliphatic rings. The zero-order chi connectivity index (χ0) is 17.5. The van der Waals surface area contributed by atoms with E-state index < -0.39 is 0 Å². The highest BCUT2D eigenvalue weighted by Gasteiger charge is 2.03. The Morgan fingerprint density at radius 1 is 1.00 bits per heavy atom. The molecule has 3 aromatic rings. The van der Waals surface area contributed by atoms with Crippen LogP contribution in [0.4, 0.5) is 11.8 Å². The molecule has 0 amide bonds. The van der Waals surface area contributed by atoms with Gasteiger partial charge in [-0.25, -0.2) is 4.98 Å². The predicted molar refractivity (Wildman–Crippen MR) is 102 cm³/mol. The third-order valence-corrected chi connectivity index (χ3v) is 4.13. The van der Waals surface area contributed by atoms with Crippen molar-refractivity contribution in [3.8, 4) is 0 Å². The van der Waals surface area contributed by atoms with Gasteiger partial charge in [0, 0.05) is 41.7 Å². The number of hydrogen-bond acceptors (Lipinski definition) is 5. The Morgan fingerprint density at radius 3 is 2.72 bits per heavy atom. The summed E-state index contributed by atoms with van der Waals surface area (Å²) in [6, 6.07) is 11.3. The van der Waals surface area contributed by atoms with E-state index in [1.165, 1.54) is 0 Å². The first-order valence-corrected chi connectivity index (χ1v) is 8.60. The van der Waals surface area contributed by atoms with Gasteiger partial charge in [0.1, 0.15) is 5.82 Å². The number of halogens is 2. The summed E-state index contributed by atoms with van der Waals surface area (Å²) in [7, 11) is 0. The van der Waals surface area contributed by atoms with Gasteiger partial charge in [0.05, 0.1) is 0 Å². The number of benzene rings is 1. The van der Waals surface area contributed by atoms with Crippen molar-refractivity contribution in [1.29, 1.82) is 0 Å². The van der Waals surface area contributed by atoms with Crippen molar-refractivity contribution in [3.63, 3.8) is 0 Å². The van der Waals surface area contributed by atoms with E-state index in [9.17, 15) is 0 Å². The molecule has 0 radical (unpaired) electrons. The summed E-state index contributed by atoms with van der Waals surface area (Å²) in [6.45, 7) is 1.33. The van der Waals surface area contributed by atoms with Crippen molar-refractivity contribution in [2.45, 2.75) is 13.0 Å². The smallest absolute Gasteiger partial charge is 0.224 e. The third kappa shape index (κ3) is 5.31. The summed E-state index contributed by atoms with van der Waals surface area (Å²) >= 11 is 12.1. The van der Waals surface area contributed by atoms with E-state index in [2.05, 4.69) is 25.6 Å². The summed E-state index contributed by atoms with van der Waals surface area (Å²) in [6.07, 6.45) is 6.05. The highest BCUT2D eigenvalue weighted by Crippen LogP contribution is 2.21. The number of nitrogens with one attached hydrogen (secondary N) is 2. The summed E-state index contributed by atoms with van der Waals surface area (Å²) in [4.78, 5) is 12.8. The summed E-state index contributed by atoms with van der Waals surface area (Å²) < 4.78 is 0. The van der Waals surface area contributed by atoms with Gasteiger partial charge < -0.3 is 10.6 Å². The lowest BCUT2D eigenvalue weighted by molar-refractivity contribution is 0.990. The highest BCUT2D eigenvalue weighted by atomic mass is 35.5. The molecule has 2 N–H and O–H groups in total. The molecule has 25 heavy (non-hydrogen) atoms. The maximum atomic E-state index is 6.18. The van der Waals surface area contributed by atoms with E-state index in [-0.39, 0.29) is 0 Å². The molecule has 0 atom stereocenters. The molecule has 0 aliphatic heterocycles. The van der Waals surface area contributed by atoms with Gasteiger partial charge >= 0.3 is 0 Å². The monoisotopic (exact) mass is 373 g/mol. The SMILES string of the molecule is Clc1ccc(CCNc2ccnc(NCc3cccnc3)n2)c(Cl)c1. The zero-order valence-corrected chi connectivity index (χ0v) is 14.9. The maximum Gasteiger partial charge on any atom is 0.224 e. The van der Waals surface area contributed by atoms with Gasteiger partial charge in [-0.2, -0.15) is 4.98 Å². The molecule has 2 heterocycles. The van der Waals surface area contributed by atoms with Gasteiger partial charge in [0.25, 0.3) is 0 Å². The van der Waals surface area contributed by atoms with Crippen LogP contribution in [0.1, 0.15) is 11.1 Å². The Labute approximate surface area is 156 Å². The Morgan fingerprint density at radius 2 is 1.92 bits per heavy atom. The van der Waals surface area contributed by atoms with Gasteiger partial charge in [-0.15, -0.1) is 0 Å². The fourth-order valence-corrected chi connectivity index (χ4v) is 2.78. The Bertz CT molecular complexity index is 827. The standard InChI is InChI=1S/C18H17Cl2N5/c19-15-4-3-14(16(20)10-15)5-8-22-17-6-9-23-18(25-17)24-12-13-2-1-7-21-11-13/h1-4,6-7,9-11H,5,8,12H2,(H2,22,23,24,25). The minimum atomic E-state index is 0.568. The molecule has 0 aliphatic carbocycles. The first-order chi connectivity index (χ1) is 12.2. The lowest BCUT2D eigenvalue weighted by atomic mass is 10.1. The molecule has 0 bridgehead atoms. The maximum absolute atomic E-state index is 6.18. The molecule has 128 valence electrons. The number of aromatic nitrogens is 3. The van der Waals surface area contributed by atoms with Crippen molar-refractivity contribution >= 4 is 35.0 Å². The third-order valence-electron chi connectivity index (χ3n) is 3.54. The largest absolute Gasteiger partial charge is 0.370 e. The van der Waals surface area contributed by atoms with E-state index >= 15 is 0 Å². The summed E-state index contributed by atoms with van der Waals surface area (Å²) in [5.41, 5.74) is 2.12. The first kappa shape index (κ1) is 17.5. The fraction of sp³-hybridized carbons (Fsp3) is 0.167. The number of anilines is 2. The van der Waals surface area contributed by atoms with Crippen molar-refractivity contribution in [2.24, 2.45) is 0 Å².